The topological polar surface area (TPSA) is 12.9 Å². The first-order valence-electron chi connectivity index (χ1n) is 3.78. The maximum atomic E-state index is 4.29. The van der Waals surface area contributed by atoms with Crippen LogP contribution in [0.25, 0.3) is 0 Å². The standard InChI is InChI=1S/C9H13NS/c1-4-8-7(2)5-6-10-9(8)11-3/h5-6H,4H2,1-3H3. The van der Waals surface area contributed by atoms with E-state index in [9.17, 15) is 0 Å². The third kappa shape index (κ3) is 1.74. The molecule has 60 valence electrons. The first-order chi connectivity index (χ1) is 5.29. The van der Waals surface area contributed by atoms with Crippen LogP contribution in [0.2, 0.25) is 0 Å². The summed E-state index contributed by atoms with van der Waals surface area (Å²) in [6, 6.07) is 2.07. The van der Waals surface area contributed by atoms with Crippen LogP contribution in [-0.2, 0) is 6.42 Å². The first-order valence-corrected chi connectivity index (χ1v) is 5.00. The number of aryl methyl sites for hydroxylation is 1. The van der Waals surface area contributed by atoms with Crippen molar-refractivity contribution in [1.82, 2.24) is 4.98 Å². The van der Waals surface area contributed by atoms with Gasteiger partial charge in [-0.25, -0.2) is 4.98 Å². The van der Waals surface area contributed by atoms with E-state index in [-0.39, 0.29) is 0 Å². The predicted molar refractivity (Wildman–Crippen MR) is 50.1 cm³/mol. The third-order valence-electron chi connectivity index (χ3n) is 1.80. The van der Waals surface area contributed by atoms with Gasteiger partial charge in [0.05, 0.1) is 5.03 Å². The Morgan fingerprint density at radius 2 is 2.27 bits per heavy atom. The molecule has 0 saturated heterocycles. The van der Waals surface area contributed by atoms with Gasteiger partial charge in [0.1, 0.15) is 0 Å². The quantitative estimate of drug-likeness (QED) is 0.628. The molecule has 11 heavy (non-hydrogen) atoms. The summed E-state index contributed by atoms with van der Waals surface area (Å²) in [6.45, 7) is 4.31. The molecule has 0 bridgehead atoms. The zero-order chi connectivity index (χ0) is 8.27. The van der Waals surface area contributed by atoms with Crippen molar-refractivity contribution >= 4 is 11.8 Å². The summed E-state index contributed by atoms with van der Waals surface area (Å²) in [6.07, 6.45) is 5.02. The molecule has 0 unspecified atom stereocenters. The van der Waals surface area contributed by atoms with Crippen LogP contribution in [0.3, 0.4) is 0 Å². The van der Waals surface area contributed by atoms with E-state index in [1.807, 2.05) is 6.20 Å². The lowest BCUT2D eigenvalue weighted by atomic mass is 10.1. The number of thioether (sulfide) groups is 1. The Labute approximate surface area is 72.2 Å². The van der Waals surface area contributed by atoms with E-state index in [1.165, 1.54) is 16.2 Å². The molecular formula is C9H13NS. The van der Waals surface area contributed by atoms with Gasteiger partial charge < -0.3 is 0 Å². The lowest BCUT2D eigenvalue weighted by Crippen LogP contribution is -1.92. The fourth-order valence-electron chi connectivity index (χ4n) is 1.17. The highest BCUT2D eigenvalue weighted by Gasteiger charge is 2.02. The van der Waals surface area contributed by atoms with Crippen molar-refractivity contribution in [2.75, 3.05) is 6.26 Å². The second-order valence-electron chi connectivity index (χ2n) is 2.47. The Hall–Kier alpha value is -0.500. The predicted octanol–water partition coefficient (Wildman–Crippen LogP) is 2.67. The van der Waals surface area contributed by atoms with E-state index < -0.39 is 0 Å². The van der Waals surface area contributed by atoms with Crippen LogP contribution in [0.1, 0.15) is 18.1 Å². The van der Waals surface area contributed by atoms with E-state index in [0.717, 1.165) is 6.42 Å². The summed E-state index contributed by atoms with van der Waals surface area (Å²) in [7, 11) is 0. The van der Waals surface area contributed by atoms with Gasteiger partial charge in [0.2, 0.25) is 0 Å². The van der Waals surface area contributed by atoms with Crippen molar-refractivity contribution in [3.8, 4) is 0 Å². The Kier molecular flexibility index (Phi) is 2.94. The van der Waals surface area contributed by atoms with Crippen LogP contribution >= 0.6 is 11.8 Å². The minimum Gasteiger partial charge on any atom is -0.250 e. The Morgan fingerprint density at radius 1 is 1.55 bits per heavy atom. The summed E-state index contributed by atoms with van der Waals surface area (Å²) in [5, 5.41) is 1.17. The average Bonchev–Trinajstić information content (AvgIpc) is 2.04. The molecule has 1 aromatic heterocycles. The van der Waals surface area contributed by atoms with Crippen molar-refractivity contribution in [3.63, 3.8) is 0 Å². The molecule has 0 amide bonds. The molecule has 0 aromatic carbocycles. The van der Waals surface area contributed by atoms with E-state index in [4.69, 9.17) is 0 Å². The molecule has 0 aliphatic heterocycles. The van der Waals surface area contributed by atoms with E-state index >= 15 is 0 Å². The fraction of sp³-hybridized carbons (Fsp3) is 0.444. The van der Waals surface area contributed by atoms with Gasteiger partial charge >= 0.3 is 0 Å². The van der Waals surface area contributed by atoms with Crippen LogP contribution in [0.15, 0.2) is 17.3 Å². The summed E-state index contributed by atoms with van der Waals surface area (Å²) < 4.78 is 0. The monoisotopic (exact) mass is 167 g/mol. The van der Waals surface area contributed by atoms with Crippen molar-refractivity contribution < 1.29 is 0 Å². The SMILES string of the molecule is CCc1c(C)ccnc1SC. The smallest absolute Gasteiger partial charge is 0.0991 e. The molecule has 1 aromatic rings. The van der Waals surface area contributed by atoms with Gasteiger partial charge in [0, 0.05) is 6.20 Å². The van der Waals surface area contributed by atoms with Crippen LogP contribution in [-0.4, -0.2) is 11.2 Å². The van der Waals surface area contributed by atoms with Crippen molar-refractivity contribution in [2.45, 2.75) is 25.3 Å². The molecule has 0 saturated carbocycles. The van der Waals surface area contributed by atoms with Gasteiger partial charge in [-0.1, -0.05) is 6.92 Å². The Balaban J connectivity index is 3.13. The van der Waals surface area contributed by atoms with Crippen LogP contribution < -0.4 is 0 Å². The van der Waals surface area contributed by atoms with Crippen LogP contribution in [0.5, 0.6) is 0 Å². The molecule has 1 heterocycles. The lowest BCUT2D eigenvalue weighted by molar-refractivity contribution is 0.973. The van der Waals surface area contributed by atoms with Gasteiger partial charge in [0.25, 0.3) is 0 Å². The van der Waals surface area contributed by atoms with Gasteiger partial charge in [-0.3, -0.25) is 0 Å². The van der Waals surface area contributed by atoms with E-state index in [0.29, 0.717) is 0 Å². The molecule has 0 radical (unpaired) electrons. The minimum absolute atomic E-state index is 1.08. The van der Waals surface area contributed by atoms with Crippen molar-refractivity contribution in [2.24, 2.45) is 0 Å². The number of pyridine rings is 1. The van der Waals surface area contributed by atoms with Crippen molar-refractivity contribution in [3.05, 3.63) is 23.4 Å². The molecule has 1 nitrogen and oxygen atoms in total. The number of hydrogen-bond acceptors (Lipinski definition) is 2. The maximum absolute atomic E-state index is 4.29. The summed E-state index contributed by atoms with van der Waals surface area (Å²) in [5.41, 5.74) is 2.74. The second kappa shape index (κ2) is 3.77. The van der Waals surface area contributed by atoms with E-state index in [2.05, 4.69) is 31.2 Å². The largest absolute Gasteiger partial charge is 0.250 e. The number of nitrogens with zero attached hydrogens (tertiary/aromatic N) is 1. The molecular weight excluding hydrogens is 154 g/mol. The summed E-state index contributed by atoms with van der Waals surface area (Å²) >= 11 is 1.72. The van der Waals surface area contributed by atoms with Gasteiger partial charge in [-0.2, -0.15) is 0 Å². The number of hydrogen-bond donors (Lipinski definition) is 0. The zero-order valence-corrected chi connectivity index (χ0v) is 8.03. The highest BCUT2D eigenvalue weighted by Crippen LogP contribution is 2.20. The van der Waals surface area contributed by atoms with E-state index in [1.54, 1.807) is 11.8 Å². The van der Waals surface area contributed by atoms with Crippen LogP contribution in [0, 0.1) is 6.92 Å². The Morgan fingerprint density at radius 3 is 2.73 bits per heavy atom. The molecule has 0 fully saturated rings. The lowest BCUT2D eigenvalue weighted by Gasteiger charge is -2.05. The summed E-state index contributed by atoms with van der Waals surface area (Å²) in [5.74, 6) is 0. The van der Waals surface area contributed by atoms with Gasteiger partial charge in [-0.05, 0) is 36.8 Å². The first kappa shape index (κ1) is 8.60. The molecule has 0 atom stereocenters. The van der Waals surface area contributed by atoms with Gasteiger partial charge in [-0.15, -0.1) is 11.8 Å². The molecule has 1 rings (SSSR count). The highest BCUT2D eigenvalue weighted by atomic mass is 32.2. The second-order valence-corrected chi connectivity index (χ2v) is 3.26. The number of rotatable bonds is 2. The fourth-order valence-corrected chi connectivity index (χ4v) is 1.89. The zero-order valence-electron chi connectivity index (χ0n) is 7.22. The minimum atomic E-state index is 1.08. The highest BCUT2D eigenvalue weighted by molar-refractivity contribution is 7.98. The van der Waals surface area contributed by atoms with Gasteiger partial charge in [0.15, 0.2) is 0 Å². The summed E-state index contributed by atoms with van der Waals surface area (Å²) in [4.78, 5) is 4.29. The molecule has 0 aliphatic rings. The van der Waals surface area contributed by atoms with Crippen molar-refractivity contribution in [1.29, 1.82) is 0 Å². The normalized spacial score (nSPS) is 10.1. The maximum Gasteiger partial charge on any atom is 0.0991 e. The molecule has 2 heteroatoms. The Bertz CT molecular complexity index is 245. The average molecular weight is 167 g/mol. The van der Waals surface area contributed by atoms with Crippen LogP contribution in [0.4, 0.5) is 0 Å². The molecule has 0 N–H and O–H groups in total. The number of aromatic nitrogens is 1. The molecule has 0 spiro atoms. The molecule has 0 aliphatic carbocycles. The third-order valence-corrected chi connectivity index (χ3v) is 2.54.